The van der Waals surface area contributed by atoms with Crippen LogP contribution in [0.2, 0.25) is 0 Å². The van der Waals surface area contributed by atoms with Gasteiger partial charge in [0, 0.05) is 10.4 Å². The van der Waals surface area contributed by atoms with E-state index in [2.05, 4.69) is 11.4 Å². The zero-order valence-corrected chi connectivity index (χ0v) is 18.3. The molecule has 1 aliphatic carbocycles. The molecule has 0 bridgehead atoms. The first-order valence-corrected chi connectivity index (χ1v) is 11.2. The van der Waals surface area contributed by atoms with Gasteiger partial charge in [-0.25, -0.2) is 0 Å². The third kappa shape index (κ3) is 5.17. The number of likely N-dealkylation sites (N-methyl/N-ethyl adjacent to an activating group) is 1. The minimum atomic E-state index is -0.227. The summed E-state index contributed by atoms with van der Waals surface area (Å²) in [7, 11) is 2.02. The maximum Gasteiger partial charge on any atom is 0.283 e. The maximum absolute atomic E-state index is 12.9. The summed E-state index contributed by atoms with van der Waals surface area (Å²) < 4.78 is 5.49. The molecule has 154 valence electrons. The van der Waals surface area contributed by atoms with E-state index < -0.39 is 0 Å². The SMILES string of the molecule is CCOc1ccc(C[NH+](C)[C@H](C)C(=O)Nc2sc3c(c2C#N)CCCCC3)cc1. The van der Waals surface area contributed by atoms with Crippen LogP contribution in [0.5, 0.6) is 5.75 Å². The van der Waals surface area contributed by atoms with Crippen LogP contribution in [-0.2, 0) is 24.2 Å². The highest BCUT2D eigenvalue weighted by Crippen LogP contribution is 2.36. The number of carbonyl (C=O) groups is 1. The zero-order valence-electron chi connectivity index (χ0n) is 17.5. The molecule has 1 amide bonds. The Balaban J connectivity index is 1.65. The fourth-order valence-corrected chi connectivity index (χ4v) is 4.98. The minimum absolute atomic E-state index is 0.0404. The summed E-state index contributed by atoms with van der Waals surface area (Å²) in [6.07, 6.45) is 5.46. The Kier molecular flexibility index (Phi) is 7.29. The van der Waals surface area contributed by atoms with Gasteiger partial charge in [0.05, 0.1) is 19.2 Å². The standard InChI is InChI=1S/C23H29N3O2S/c1-4-28-18-12-10-17(11-13-18)15-26(3)16(2)22(27)25-23-20(14-24)19-8-6-5-7-9-21(19)29-23/h10-13,16H,4-9,15H2,1-3H3,(H,25,27)/p+1/t16-/m1/s1. The Morgan fingerprint density at radius 1 is 1.28 bits per heavy atom. The molecule has 0 saturated heterocycles. The van der Waals surface area contributed by atoms with Crippen molar-refractivity contribution in [3.63, 3.8) is 0 Å². The van der Waals surface area contributed by atoms with Crippen LogP contribution in [0, 0.1) is 11.3 Å². The van der Waals surface area contributed by atoms with Gasteiger partial charge < -0.3 is 15.0 Å². The molecule has 2 aromatic rings. The monoisotopic (exact) mass is 412 g/mol. The van der Waals surface area contributed by atoms with E-state index in [4.69, 9.17) is 4.74 Å². The number of hydrogen-bond acceptors (Lipinski definition) is 4. The molecule has 1 unspecified atom stereocenters. The average Bonchev–Trinajstić information content (AvgIpc) is 2.87. The molecule has 0 saturated carbocycles. The number of fused-ring (bicyclic) bond motifs is 1. The highest BCUT2D eigenvalue weighted by atomic mass is 32.1. The number of nitriles is 1. The lowest BCUT2D eigenvalue weighted by atomic mass is 10.1. The Labute approximate surface area is 177 Å². The molecule has 0 spiro atoms. The van der Waals surface area contributed by atoms with Crippen LogP contribution in [0.3, 0.4) is 0 Å². The first-order chi connectivity index (χ1) is 14.0. The topological polar surface area (TPSA) is 66.6 Å². The number of hydrogen-bond donors (Lipinski definition) is 2. The lowest BCUT2D eigenvalue weighted by molar-refractivity contribution is -0.907. The molecule has 2 N–H and O–H groups in total. The van der Waals surface area contributed by atoms with Gasteiger partial charge >= 0.3 is 0 Å². The fourth-order valence-electron chi connectivity index (χ4n) is 3.74. The molecule has 1 aliphatic rings. The Hall–Kier alpha value is -2.36. The van der Waals surface area contributed by atoms with Crippen molar-refractivity contribution in [3.8, 4) is 11.8 Å². The maximum atomic E-state index is 12.9. The van der Waals surface area contributed by atoms with E-state index in [1.54, 1.807) is 11.3 Å². The van der Waals surface area contributed by atoms with Crippen LogP contribution in [-0.4, -0.2) is 25.6 Å². The number of ether oxygens (including phenoxy) is 1. The molecule has 6 heteroatoms. The summed E-state index contributed by atoms with van der Waals surface area (Å²) in [6.45, 7) is 5.30. The number of carbonyl (C=O) groups excluding carboxylic acids is 1. The molecule has 0 fully saturated rings. The van der Waals surface area contributed by atoms with Crippen LogP contribution in [0.25, 0.3) is 0 Å². The van der Waals surface area contributed by atoms with Gasteiger partial charge in [-0.15, -0.1) is 11.3 Å². The van der Waals surface area contributed by atoms with Gasteiger partial charge in [0.1, 0.15) is 23.4 Å². The zero-order chi connectivity index (χ0) is 20.8. The van der Waals surface area contributed by atoms with Crippen LogP contribution < -0.4 is 15.0 Å². The second kappa shape index (κ2) is 9.91. The van der Waals surface area contributed by atoms with Crippen LogP contribution in [0.1, 0.15) is 54.7 Å². The highest BCUT2D eigenvalue weighted by Gasteiger charge is 2.26. The van der Waals surface area contributed by atoms with Gasteiger partial charge in [0.2, 0.25) is 0 Å². The van der Waals surface area contributed by atoms with Crippen LogP contribution >= 0.6 is 11.3 Å². The molecule has 0 aliphatic heterocycles. The second-order valence-electron chi connectivity index (χ2n) is 7.69. The van der Waals surface area contributed by atoms with E-state index in [0.717, 1.165) is 59.0 Å². The Morgan fingerprint density at radius 3 is 2.69 bits per heavy atom. The number of thiophene rings is 1. The average molecular weight is 413 g/mol. The number of aryl methyl sites for hydroxylation is 1. The molecule has 29 heavy (non-hydrogen) atoms. The summed E-state index contributed by atoms with van der Waals surface area (Å²) in [5, 5.41) is 13.4. The quantitative estimate of drug-likeness (QED) is 0.686. The van der Waals surface area contributed by atoms with E-state index >= 15 is 0 Å². The van der Waals surface area contributed by atoms with Gasteiger partial charge in [-0.1, -0.05) is 6.42 Å². The number of amides is 1. The molecule has 1 heterocycles. The summed E-state index contributed by atoms with van der Waals surface area (Å²) in [5.41, 5.74) is 3.00. The molecule has 5 nitrogen and oxygen atoms in total. The van der Waals surface area contributed by atoms with E-state index in [-0.39, 0.29) is 11.9 Å². The molecule has 1 aromatic heterocycles. The third-order valence-electron chi connectivity index (χ3n) is 5.62. The van der Waals surface area contributed by atoms with Crippen molar-refractivity contribution in [2.24, 2.45) is 0 Å². The van der Waals surface area contributed by atoms with Crippen molar-refractivity contribution in [3.05, 3.63) is 45.8 Å². The van der Waals surface area contributed by atoms with Crippen molar-refractivity contribution >= 4 is 22.2 Å². The molecule has 3 rings (SSSR count). The van der Waals surface area contributed by atoms with E-state index in [0.29, 0.717) is 12.2 Å². The van der Waals surface area contributed by atoms with Gasteiger partial charge in [0.25, 0.3) is 5.91 Å². The van der Waals surface area contributed by atoms with Crippen LogP contribution in [0.15, 0.2) is 24.3 Å². The molecule has 0 radical (unpaired) electrons. The van der Waals surface area contributed by atoms with Gasteiger partial charge in [0.15, 0.2) is 6.04 Å². The second-order valence-corrected chi connectivity index (χ2v) is 8.80. The predicted octanol–water partition coefficient (Wildman–Crippen LogP) is 3.33. The van der Waals surface area contributed by atoms with Crippen molar-refractivity contribution in [1.82, 2.24) is 0 Å². The molecule has 2 atom stereocenters. The third-order valence-corrected chi connectivity index (χ3v) is 6.83. The largest absolute Gasteiger partial charge is 0.494 e. The number of anilines is 1. The smallest absolute Gasteiger partial charge is 0.283 e. The number of nitrogens with zero attached hydrogens (tertiary/aromatic N) is 1. The summed E-state index contributed by atoms with van der Waals surface area (Å²) in [4.78, 5) is 15.3. The molecular weight excluding hydrogens is 382 g/mol. The normalized spacial score (nSPS) is 15.5. The number of rotatable bonds is 7. The summed E-state index contributed by atoms with van der Waals surface area (Å²) >= 11 is 1.59. The lowest BCUT2D eigenvalue weighted by Crippen LogP contribution is -3.12. The predicted molar refractivity (Wildman–Crippen MR) is 117 cm³/mol. The summed E-state index contributed by atoms with van der Waals surface area (Å²) in [6, 6.07) is 10.1. The van der Waals surface area contributed by atoms with E-state index in [1.165, 1.54) is 11.3 Å². The van der Waals surface area contributed by atoms with Gasteiger partial charge in [-0.2, -0.15) is 5.26 Å². The molecule has 1 aromatic carbocycles. The van der Waals surface area contributed by atoms with Gasteiger partial charge in [-0.05, 0) is 69.4 Å². The Morgan fingerprint density at radius 2 is 2.00 bits per heavy atom. The highest BCUT2D eigenvalue weighted by molar-refractivity contribution is 7.16. The van der Waals surface area contributed by atoms with Crippen molar-refractivity contribution in [2.75, 3.05) is 19.0 Å². The van der Waals surface area contributed by atoms with E-state index in [9.17, 15) is 10.1 Å². The van der Waals surface area contributed by atoms with Crippen molar-refractivity contribution < 1.29 is 14.4 Å². The van der Waals surface area contributed by atoms with E-state index in [1.807, 2.05) is 45.2 Å². The number of nitrogens with one attached hydrogen (secondary N) is 2. The Bertz CT molecular complexity index is 883. The summed E-state index contributed by atoms with van der Waals surface area (Å²) in [5.74, 6) is 0.822. The number of quaternary nitrogens is 1. The van der Waals surface area contributed by atoms with Crippen molar-refractivity contribution in [1.29, 1.82) is 5.26 Å². The number of benzene rings is 1. The first-order valence-electron chi connectivity index (χ1n) is 10.4. The van der Waals surface area contributed by atoms with Crippen molar-refractivity contribution in [2.45, 2.75) is 58.5 Å². The minimum Gasteiger partial charge on any atom is -0.494 e. The van der Waals surface area contributed by atoms with Gasteiger partial charge in [-0.3, -0.25) is 4.79 Å². The fraction of sp³-hybridized carbons (Fsp3) is 0.478. The first kappa shape index (κ1) is 21.4. The lowest BCUT2D eigenvalue weighted by Gasteiger charge is -2.21. The van der Waals surface area contributed by atoms with Crippen LogP contribution in [0.4, 0.5) is 5.00 Å². The molecular formula is C23H30N3O2S+.